The van der Waals surface area contributed by atoms with E-state index < -0.39 is 65.5 Å². The number of rotatable bonds is 15. The highest BCUT2D eigenvalue weighted by molar-refractivity contribution is 6.38. The van der Waals surface area contributed by atoms with E-state index in [2.05, 4.69) is 29.8 Å². The van der Waals surface area contributed by atoms with Crippen molar-refractivity contribution in [3.8, 4) is 0 Å². The van der Waals surface area contributed by atoms with E-state index in [4.69, 9.17) is 9.47 Å². The molecular formula is C40H60N4O8. The first kappa shape index (κ1) is 40.8. The van der Waals surface area contributed by atoms with Crippen LogP contribution in [0.25, 0.3) is 0 Å². The first-order chi connectivity index (χ1) is 24.3. The molecule has 52 heavy (non-hydrogen) atoms. The molecule has 5 atom stereocenters. The number of hydrogen-bond acceptors (Lipinski definition) is 8. The number of Topliss-reactive ketones (excluding diaryl/α,β-unsaturated/α-hetero) is 1. The standard InChI is InChI=1S/C40H60N4O8/c1-9-10-21-28(33(46)35(48)41-23-29(45)51-39(5,6)22-25-17-13-11-14-18-25)42-34(47)32-30-27(40(30,7)8)24-44(32)36(49)31(26-19-15-12-16-20-26)43-37(50)52-38(2,3)4/h11,13-14,17-18,26-28,30-32H,9-10,12,15-16,19-24H2,1-8H3,(H,41,48)(H,42,47)(H,43,50)/t27?,28-,30?,31+,32+/m1/s1. The molecule has 12 nitrogen and oxygen atoms in total. The SMILES string of the molecule is CCCC[C@@H](NC(=O)[C@@H]1C2C(CN1C(=O)[C@@H](NC(=O)OC(C)(C)C)C1CCCCC1)C2(C)C)C(=O)C(=O)NCC(=O)OC(C)(C)Cc1ccccc1. The molecule has 4 amide bonds. The fourth-order valence-corrected chi connectivity index (χ4v) is 8.07. The highest BCUT2D eigenvalue weighted by atomic mass is 16.6. The maximum absolute atomic E-state index is 14.4. The Bertz CT molecular complexity index is 1460. The van der Waals surface area contributed by atoms with Gasteiger partial charge in [-0.3, -0.25) is 24.0 Å². The molecule has 3 fully saturated rings. The second-order valence-electron chi connectivity index (χ2n) is 17.1. The number of alkyl carbamates (subject to hydrolysis) is 1. The van der Waals surface area contributed by atoms with E-state index in [-0.39, 0.29) is 35.5 Å². The van der Waals surface area contributed by atoms with E-state index in [0.717, 1.165) is 44.1 Å². The summed E-state index contributed by atoms with van der Waals surface area (Å²) >= 11 is 0. The van der Waals surface area contributed by atoms with Crippen molar-refractivity contribution in [2.75, 3.05) is 13.1 Å². The lowest BCUT2D eigenvalue weighted by atomic mass is 9.83. The number of ketones is 1. The van der Waals surface area contributed by atoms with Crippen molar-refractivity contribution in [3.05, 3.63) is 35.9 Å². The highest BCUT2D eigenvalue weighted by Crippen LogP contribution is 2.65. The largest absolute Gasteiger partial charge is 0.458 e. The van der Waals surface area contributed by atoms with E-state index in [0.29, 0.717) is 19.4 Å². The van der Waals surface area contributed by atoms with Crippen LogP contribution in [-0.2, 0) is 39.9 Å². The molecule has 3 N–H and O–H groups in total. The number of benzene rings is 1. The number of ether oxygens (including phenoxy) is 2. The van der Waals surface area contributed by atoms with Gasteiger partial charge in [0.1, 0.15) is 29.8 Å². The van der Waals surface area contributed by atoms with Gasteiger partial charge in [-0.15, -0.1) is 0 Å². The van der Waals surface area contributed by atoms with Crippen LogP contribution in [0.3, 0.4) is 0 Å². The maximum atomic E-state index is 14.4. The molecule has 0 spiro atoms. The number of piperidine rings is 1. The number of nitrogens with one attached hydrogen (secondary N) is 3. The smallest absolute Gasteiger partial charge is 0.408 e. The van der Waals surface area contributed by atoms with Gasteiger partial charge in [0.25, 0.3) is 5.91 Å². The molecule has 3 aliphatic rings. The van der Waals surface area contributed by atoms with Crippen molar-refractivity contribution < 1.29 is 38.2 Å². The van der Waals surface area contributed by atoms with Gasteiger partial charge in [-0.25, -0.2) is 4.79 Å². The summed E-state index contributed by atoms with van der Waals surface area (Å²) in [5, 5.41) is 8.06. The van der Waals surface area contributed by atoms with Gasteiger partial charge in [-0.1, -0.05) is 83.2 Å². The Kier molecular flexibility index (Phi) is 13.2. The molecule has 0 bridgehead atoms. The number of amides is 4. The first-order valence-corrected chi connectivity index (χ1v) is 19.0. The van der Waals surface area contributed by atoms with E-state index in [1.54, 1.807) is 39.5 Å². The van der Waals surface area contributed by atoms with Gasteiger partial charge in [-0.05, 0) is 82.6 Å². The van der Waals surface area contributed by atoms with Crippen molar-refractivity contribution in [2.24, 2.45) is 23.2 Å². The predicted molar refractivity (Wildman–Crippen MR) is 196 cm³/mol. The molecule has 2 unspecified atom stereocenters. The molecular weight excluding hydrogens is 664 g/mol. The van der Waals surface area contributed by atoms with Crippen LogP contribution in [0.1, 0.15) is 112 Å². The summed E-state index contributed by atoms with van der Waals surface area (Å²) < 4.78 is 11.1. The van der Waals surface area contributed by atoms with Crippen LogP contribution in [0.15, 0.2) is 30.3 Å². The number of carbonyl (C=O) groups excluding carboxylic acids is 6. The summed E-state index contributed by atoms with van der Waals surface area (Å²) in [6.45, 7) is 14.7. The molecule has 2 saturated carbocycles. The van der Waals surface area contributed by atoms with Gasteiger partial charge in [0.15, 0.2) is 0 Å². The molecule has 4 rings (SSSR count). The Morgan fingerprint density at radius 2 is 1.58 bits per heavy atom. The molecule has 288 valence electrons. The second kappa shape index (κ2) is 16.8. The maximum Gasteiger partial charge on any atom is 0.408 e. The zero-order valence-corrected chi connectivity index (χ0v) is 32.3. The Balaban J connectivity index is 1.45. The van der Waals surface area contributed by atoms with Crippen LogP contribution in [0.5, 0.6) is 0 Å². The molecule has 0 aromatic heterocycles. The minimum absolute atomic E-state index is 0.0750. The van der Waals surface area contributed by atoms with Crippen LogP contribution in [0, 0.1) is 23.2 Å². The lowest BCUT2D eigenvalue weighted by Crippen LogP contribution is -2.60. The van der Waals surface area contributed by atoms with E-state index in [9.17, 15) is 28.8 Å². The molecule has 1 saturated heterocycles. The minimum atomic E-state index is -1.15. The lowest BCUT2D eigenvalue weighted by molar-refractivity contribution is -0.156. The first-order valence-electron chi connectivity index (χ1n) is 19.0. The number of carbonyl (C=O) groups is 6. The number of unbranched alkanes of at least 4 members (excludes halogenated alkanes) is 1. The Morgan fingerprint density at radius 3 is 2.19 bits per heavy atom. The minimum Gasteiger partial charge on any atom is -0.458 e. The summed E-state index contributed by atoms with van der Waals surface area (Å²) in [5.74, 6) is -3.55. The predicted octanol–water partition coefficient (Wildman–Crippen LogP) is 4.87. The quantitative estimate of drug-likeness (QED) is 0.171. The molecule has 1 aliphatic heterocycles. The van der Waals surface area contributed by atoms with Gasteiger partial charge in [0.05, 0.1) is 6.04 Å². The summed E-state index contributed by atoms with van der Waals surface area (Å²) in [6.07, 6.45) is 5.78. The number of hydrogen-bond donors (Lipinski definition) is 3. The van der Waals surface area contributed by atoms with Crippen molar-refractivity contribution in [1.82, 2.24) is 20.9 Å². The Labute approximate surface area is 308 Å². The average molecular weight is 725 g/mol. The molecule has 12 heteroatoms. The van der Waals surface area contributed by atoms with Crippen LogP contribution in [0.2, 0.25) is 0 Å². The Hall–Kier alpha value is -3.96. The summed E-state index contributed by atoms with van der Waals surface area (Å²) in [4.78, 5) is 82.4. The normalized spacial score (nSPS) is 22.3. The van der Waals surface area contributed by atoms with Crippen molar-refractivity contribution in [1.29, 1.82) is 0 Å². The van der Waals surface area contributed by atoms with Gasteiger partial charge < -0.3 is 30.3 Å². The molecule has 1 aromatic rings. The van der Waals surface area contributed by atoms with E-state index in [1.165, 1.54) is 0 Å². The molecule has 1 heterocycles. The van der Waals surface area contributed by atoms with Gasteiger partial charge in [0.2, 0.25) is 17.6 Å². The molecule has 2 aliphatic carbocycles. The summed E-state index contributed by atoms with van der Waals surface area (Å²) in [7, 11) is 0. The van der Waals surface area contributed by atoms with Crippen molar-refractivity contribution in [3.63, 3.8) is 0 Å². The van der Waals surface area contributed by atoms with Gasteiger partial charge >= 0.3 is 12.1 Å². The monoisotopic (exact) mass is 724 g/mol. The van der Waals surface area contributed by atoms with Gasteiger partial charge in [-0.2, -0.15) is 0 Å². The Morgan fingerprint density at radius 1 is 0.923 bits per heavy atom. The molecule has 1 aromatic carbocycles. The molecule has 0 radical (unpaired) electrons. The van der Waals surface area contributed by atoms with Crippen LogP contribution < -0.4 is 16.0 Å². The fourth-order valence-electron chi connectivity index (χ4n) is 8.07. The number of esters is 1. The lowest BCUT2D eigenvalue weighted by Gasteiger charge is -2.37. The van der Waals surface area contributed by atoms with Crippen LogP contribution >= 0.6 is 0 Å². The second-order valence-corrected chi connectivity index (χ2v) is 17.1. The topological polar surface area (TPSA) is 160 Å². The third-order valence-electron chi connectivity index (χ3n) is 10.8. The third kappa shape index (κ3) is 10.6. The average Bonchev–Trinajstić information content (AvgIpc) is 3.37. The number of likely N-dealkylation sites (tertiary alicyclic amines) is 1. The van der Waals surface area contributed by atoms with Crippen LogP contribution in [0.4, 0.5) is 4.79 Å². The zero-order chi connectivity index (χ0) is 38.4. The van der Waals surface area contributed by atoms with Crippen molar-refractivity contribution in [2.45, 2.75) is 143 Å². The highest BCUT2D eigenvalue weighted by Gasteiger charge is 2.69. The van der Waals surface area contributed by atoms with Crippen LogP contribution in [-0.4, -0.2) is 82.9 Å². The van der Waals surface area contributed by atoms with Gasteiger partial charge in [0, 0.05) is 13.0 Å². The number of fused-ring (bicyclic) bond motifs is 1. The van der Waals surface area contributed by atoms with Crippen molar-refractivity contribution >= 4 is 35.6 Å². The summed E-state index contributed by atoms with van der Waals surface area (Å²) in [5.41, 5.74) is -0.812. The fraction of sp³-hybridized carbons (Fsp3) is 0.700. The van der Waals surface area contributed by atoms with E-state index >= 15 is 0 Å². The number of nitrogens with zero attached hydrogens (tertiary/aromatic N) is 1. The zero-order valence-electron chi connectivity index (χ0n) is 32.3. The summed E-state index contributed by atoms with van der Waals surface area (Å²) in [6, 6.07) is 6.69. The van der Waals surface area contributed by atoms with E-state index in [1.807, 2.05) is 37.3 Å². The third-order valence-corrected chi connectivity index (χ3v) is 10.8.